The summed E-state index contributed by atoms with van der Waals surface area (Å²) < 4.78 is 32.5. The summed E-state index contributed by atoms with van der Waals surface area (Å²) in [6.07, 6.45) is 3.02. The van der Waals surface area contributed by atoms with Gasteiger partial charge < -0.3 is 15.4 Å². The Bertz CT molecular complexity index is 749. The van der Waals surface area contributed by atoms with Crippen LogP contribution >= 0.6 is 12.4 Å². The Hall–Kier alpha value is -1.35. The number of likely N-dealkylation sites (tertiary alicyclic amines) is 1. The summed E-state index contributed by atoms with van der Waals surface area (Å²) in [7, 11) is -3.54. The molecule has 2 N–H and O–H groups in total. The first-order valence-electron chi connectivity index (χ1n) is 9.69. The number of ether oxygens (including phenoxy) is 1. The van der Waals surface area contributed by atoms with Crippen LogP contribution < -0.4 is 10.5 Å². The molecule has 7 nitrogen and oxygen atoms in total. The average Bonchev–Trinajstić information content (AvgIpc) is 2.68. The predicted octanol–water partition coefficient (Wildman–Crippen LogP) is 1.86. The van der Waals surface area contributed by atoms with E-state index in [1.807, 2.05) is 11.8 Å². The molecule has 2 saturated heterocycles. The number of hydrogen-bond donors (Lipinski definition) is 1. The molecule has 1 aromatic rings. The van der Waals surface area contributed by atoms with Crippen molar-refractivity contribution in [2.75, 3.05) is 32.8 Å². The molecule has 0 radical (unpaired) electrons. The fourth-order valence-electron chi connectivity index (χ4n) is 3.84. The minimum atomic E-state index is -3.54. The van der Waals surface area contributed by atoms with E-state index in [0.29, 0.717) is 44.8 Å². The van der Waals surface area contributed by atoms with Crippen LogP contribution in [0.4, 0.5) is 0 Å². The molecule has 3 rings (SSSR count). The lowest BCUT2D eigenvalue weighted by atomic mass is 9.95. The van der Waals surface area contributed by atoms with Gasteiger partial charge in [-0.05, 0) is 56.9 Å². The molecule has 1 amide bonds. The lowest BCUT2D eigenvalue weighted by Gasteiger charge is -2.36. The lowest BCUT2D eigenvalue weighted by Crippen LogP contribution is -2.50. The van der Waals surface area contributed by atoms with E-state index in [1.54, 1.807) is 24.3 Å². The molecule has 28 heavy (non-hydrogen) atoms. The van der Waals surface area contributed by atoms with Crippen molar-refractivity contribution in [3.05, 3.63) is 24.3 Å². The molecule has 0 bridgehead atoms. The third-order valence-corrected chi connectivity index (χ3v) is 7.26. The molecule has 0 spiro atoms. The van der Waals surface area contributed by atoms with Crippen molar-refractivity contribution < 1.29 is 17.9 Å². The molecule has 0 saturated carbocycles. The van der Waals surface area contributed by atoms with Crippen LogP contribution in [0.2, 0.25) is 0 Å². The summed E-state index contributed by atoms with van der Waals surface area (Å²) in [6, 6.07) is 6.56. The zero-order chi connectivity index (χ0) is 19.4. The first-order valence-corrected chi connectivity index (χ1v) is 11.1. The first-order chi connectivity index (χ1) is 12.9. The molecule has 2 aliphatic heterocycles. The third-order valence-electron chi connectivity index (χ3n) is 5.35. The van der Waals surface area contributed by atoms with Gasteiger partial charge in [-0.2, -0.15) is 4.31 Å². The van der Waals surface area contributed by atoms with E-state index < -0.39 is 10.0 Å². The van der Waals surface area contributed by atoms with Crippen molar-refractivity contribution in [3.63, 3.8) is 0 Å². The molecule has 2 heterocycles. The molecule has 1 unspecified atom stereocenters. The number of amides is 1. The van der Waals surface area contributed by atoms with E-state index in [4.69, 9.17) is 10.5 Å². The van der Waals surface area contributed by atoms with Gasteiger partial charge in [-0.25, -0.2) is 8.42 Å². The third kappa shape index (κ3) is 5.17. The highest BCUT2D eigenvalue weighted by atomic mass is 35.5. The van der Waals surface area contributed by atoms with Gasteiger partial charge in [0, 0.05) is 38.1 Å². The van der Waals surface area contributed by atoms with Crippen molar-refractivity contribution in [2.45, 2.75) is 43.5 Å². The van der Waals surface area contributed by atoms with Crippen LogP contribution in [0.3, 0.4) is 0 Å². The fourth-order valence-corrected chi connectivity index (χ4v) is 5.30. The number of benzene rings is 1. The Morgan fingerprint density at radius 2 is 1.79 bits per heavy atom. The van der Waals surface area contributed by atoms with Crippen molar-refractivity contribution in [2.24, 2.45) is 11.7 Å². The van der Waals surface area contributed by atoms with E-state index >= 15 is 0 Å². The standard InChI is InChI=1S/C19H29N3O4S.ClH/c1-2-26-17-5-7-18(8-6-17)27(24,25)22-12-9-15(10-13-22)19(23)21-11-3-4-16(20)14-21;/h5-8,15-16H,2-4,9-14,20H2,1H3;1H. The van der Waals surface area contributed by atoms with E-state index in [1.165, 1.54) is 4.31 Å². The second-order valence-corrected chi connectivity index (χ2v) is 9.21. The van der Waals surface area contributed by atoms with E-state index in [9.17, 15) is 13.2 Å². The fraction of sp³-hybridized carbons (Fsp3) is 0.632. The number of hydrogen-bond acceptors (Lipinski definition) is 5. The molecular weight excluding hydrogens is 402 g/mol. The Morgan fingerprint density at radius 3 is 2.36 bits per heavy atom. The van der Waals surface area contributed by atoms with Crippen molar-refractivity contribution in [1.82, 2.24) is 9.21 Å². The molecular formula is C19H30ClN3O4S. The van der Waals surface area contributed by atoms with Gasteiger partial charge in [-0.15, -0.1) is 12.4 Å². The zero-order valence-corrected chi connectivity index (χ0v) is 17.9. The second-order valence-electron chi connectivity index (χ2n) is 7.27. The number of nitrogens with zero attached hydrogens (tertiary/aromatic N) is 2. The van der Waals surface area contributed by atoms with Gasteiger partial charge in [0.1, 0.15) is 5.75 Å². The smallest absolute Gasteiger partial charge is 0.243 e. The highest BCUT2D eigenvalue weighted by molar-refractivity contribution is 7.89. The second kappa shape index (κ2) is 9.91. The topological polar surface area (TPSA) is 92.9 Å². The quantitative estimate of drug-likeness (QED) is 0.768. The van der Waals surface area contributed by atoms with E-state index in [0.717, 1.165) is 19.4 Å². The Morgan fingerprint density at radius 1 is 1.14 bits per heavy atom. The minimum absolute atomic E-state index is 0. The summed E-state index contributed by atoms with van der Waals surface area (Å²) in [5.74, 6) is 0.672. The number of carbonyl (C=O) groups is 1. The summed E-state index contributed by atoms with van der Waals surface area (Å²) in [5, 5.41) is 0. The van der Waals surface area contributed by atoms with Gasteiger partial charge >= 0.3 is 0 Å². The first kappa shape index (κ1) is 22.9. The number of nitrogens with two attached hydrogens (primary N) is 1. The molecule has 9 heteroatoms. The van der Waals surface area contributed by atoms with Gasteiger partial charge in [0.05, 0.1) is 11.5 Å². The SMILES string of the molecule is CCOc1ccc(S(=O)(=O)N2CCC(C(=O)N3CCCC(N)C3)CC2)cc1.Cl. The molecule has 0 aliphatic carbocycles. The summed E-state index contributed by atoms with van der Waals surface area (Å²) in [4.78, 5) is 14.8. The van der Waals surface area contributed by atoms with Crippen LogP contribution in [0.5, 0.6) is 5.75 Å². The summed E-state index contributed by atoms with van der Waals surface area (Å²) in [5.41, 5.74) is 5.98. The van der Waals surface area contributed by atoms with Crippen molar-refractivity contribution in [3.8, 4) is 5.75 Å². The largest absolute Gasteiger partial charge is 0.494 e. The molecule has 2 aliphatic rings. The van der Waals surface area contributed by atoms with E-state index in [-0.39, 0.29) is 35.2 Å². The van der Waals surface area contributed by atoms with Crippen LogP contribution in [-0.4, -0.2) is 62.4 Å². The van der Waals surface area contributed by atoms with E-state index in [2.05, 4.69) is 0 Å². The van der Waals surface area contributed by atoms with Crippen LogP contribution in [-0.2, 0) is 14.8 Å². The van der Waals surface area contributed by atoms with Gasteiger partial charge in [-0.3, -0.25) is 4.79 Å². The maximum absolute atomic E-state index is 12.9. The maximum Gasteiger partial charge on any atom is 0.243 e. The van der Waals surface area contributed by atoms with Gasteiger partial charge in [0.2, 0.25) is 15.9 Å². The Labute approximate surface area is 173 Å². The molecule has 1 atom stereocenters. The number of halogens is 1. The minimum Gasteiger partial charge on any atom is -0.494 e. The highest BCUT2D eigenvalue weighted by Crippen LogP contribution is 2.27. The monoisotopic (exact) mass is 431 g/mol. The van der Waals surface area contributed by atoms with Gasteiger partial charge in [-0.1, -0.05) is 0 Å². The van der Waals surface area contributed by atoms with Crippen LogP contribution in [0.25, 0.3) is 0 Å². The average molecular weight is 432 g/mol. The van der Waals surface area contributed by atoms with Crippen LogP contribution in [0, 0.1) is 5.92 Å². The summed E-state index contributed by atoms with van der Waals surface area (Å²) >= 11 is 0. The maximum atomic E-state index is 12.9. The van der Waals surface area contributed by atoms with Crippen LogP contribution in [0.1, 0.15) is 32.6 Å². The van der Waals surface area contributed by atoms with Crippen molar-refractivity contribution in [1.29, 1.82) is 0 Å². The molecule has 1 aromatic carbocycles. The normalized spacial score (nSPS) is 21.8. The number of sulfonamides is 1. The van der Waals surface area contributed by atoms with Crippen LogP contribution in [0.15, 0.2) is 29.2 Å². The van der Waals surface area contributed by atoms with Crippen molar-refractivity contribution >= 4 is 28.3 Å². The summed E-state index contributed by atoms with van der Waals surface area (Å²) in [6.45, 7) is 4.53. The van der Waals surface area contributed by atoms with Gasteiger partial charge in [0.15, 0.2) is 0 Å². The Kier molecular flexibility index (Phi) is 8.12. The predicted molar refractivity (Wildman–Crippen MR) is 110 cm³/mol. The molecule has 0 aromatic heterocycles. The number of carbonyl (C=O) groups excluding carboxylic acids is 1. The Balaban J connectivity index is 0.00000280. The zero-order valence-electron chi connectivity index (χ0n) is 16.2. The number of rotatable bonds is 5. The number of piperidine rings is 2. The van der Waals surface area contributed by atoms with Gasteiger partial charge in [0.25, 0.3) is 0 Å². The highest BCUT2D eigenvalue weighted by Gasteiger charge is 2.34. The molecule has 2 fully saturated rings. The lowest BCUT2D eigenvalue weighted by molar-refractivity contribution is -0.137. The molecule has 158 valence electrons.